The largest absolute Gasteiger partial charge is 0.612 e. The van der Waals surface area contributed by atoms with Crippen LogP contribution in [0.1, 0.15) is 33.6 Å². The first-order chi connectivity index (χ1) is 9.01. The van der Waals surface area contributed by atoms with E-state index in [1.165, 1.54) is 6.26 Å². The van der Waals surface area contributed by atoms with E-state index in [0.717, 1.165) is 5.41 Å². The summed E-state index contributed by atoms with van der Waals surface area (Å²) in [5.41, 5.74) is 4.48. The Morgan fingerprint density at radius 1 is 1.50 bits per heavy atom. The first kappa shape index (κ1) is 18.6. The fraction of sp³-hybridized carbons (Fsp3) is 0.667. The fourth-order valence-corrected chi connectivity index (χ4v) is 1.78. The summed E-state index contributed by atoms with van der Waals surface area (Å²) in [6.07, 6.45) is 0.807. The molecule has 0 saturated carbocycles. The quantitative estimate of drug-likeness (QED) is 0.497. The zero-order valence-corrected chi connectivity index (χ0v) is 13.0. The van der Waals surface area contributed by atoms with Crippen LogP contribution in [-0.4, -0.2) is 39.6 Å². The van der Waals surface area contributed by atoms with Crippen molar-refractivity contribution in [2.24, 2.45) is 5.73 Å². The van der Waals surface area contributed by atoms with E-state index in [1.807, 2.05) is 0 Å². The van der Waals surface area contributed by atoms with E-state index in [2.05, 4.69) is 5.32 Å². The molecule has 0 fully saturated rings. The number of aliphatic hydroxyl groups excluding tert-OH is 1. The second kappa shape index (κ2) is 8.01. The Kier molecular flexibility index (Phi) is 7.44. The summed E-state index contributed by atoms with van der Waals surface area (Å²) in [6, 6.07) is -0.967. The number of carbonyl (C=O) groups is 2. The molecule has 0 spiro atoms. The van der Waals surface area contributed by atoms with Crippen LogP contribution in [0.5, 0.6) is 0 Å². The molecule has 116 valence electrons. The lowest BCUT2D eigenvalue weighted by atomic mass is 10.1. The minimum absolute atomic E-state index is 0.0724. The molecule has 8 heteroatoms. The topological polar surface area (TPSA) is 125 Å². The molecule has 0 radical (unpaired) electrons. The zero-order chi connectivity index (χ0) is 15.9. The molecule has 0 heterocycles. The molecule has 0 bridgehead atoms. The number of hydrogen-bond donors (Lipinski definition) is 3. The van der Waals surface area contributed by atoms with Crippen LogP contribution in [-0.2, 0) is 20.7 Å². The smallest absolute Gasteiger partial charge is 0.408 e. The van der Waals surface area contributed by atoms with Gasteiger partial charge in [0.25, 0.3) is 0 Å². The number of allylic oxidation sites excluding steroid dienone is 1. The predicted octanol–water partition coefficient (Wildman–Crippen LogP) is 0.923. The van der Waals surface area contributed by atoms with E-state index in [9.17, 15) is 19.2 Å². The number of hydrogen-bond acceptors (Lipinski definition) is 5. The Morgan fingerprint density at radius 2 is 2.05 bits per heavy atom. The van der Waals surface area contributed by atoms with Crippen molar-refractivity contribution >= 4 is 23.2 Å². The van der Waals surface area contributed by atoms with Gasteiger partial charge in [-0.05, 0) is 38.4 Å². The minimum Gasteiger partial charge on any atom is -0.612 e. The van der Waals surface area contributed by atoms with Crippen molar-refractivity contribution in [3.05, 3.63) is 11.2 Å². The van der Waals surface area contributed by atoms with Crippen LogP contribution >= 0.6 is 0 Å². The third kappa shape index (κ3) is 9.51. The maximum Gasteiger partial charge on any atom is 0.408 e. The summed E-state index contributed by atoms with van der Waals surface area (Å²) in [6.45, 7) is 5.07. The van der Waals surface area contributed by atoms with Crippen LogP contribution in [0.2, 0.25) is 0 Å². The Balaban J connectivity index is 4.46. The number of rotatable bonds is 6. The van der Waals surface area contributed by atoms with Crippen molar-refractivity contribution in [1.29, 1.82) is 0 Å². The molecule has 0 aliphatic rings. The molecule has 0 aromatic rings. The standard InChI is InChI=1S/C12H22N2O5S/c1-12(2,3)19-11(17)14-9(10(13)16)6-5-8(15)7-20(4)18/h7,9,15H,5-6H2,1-4H3,(H2,13,16)(H,14,17)/b8-7-/t9-,20?/m0/s1. The van der Waals surface area contributed by atoms with Gasteiger partial charge < -0.3 is 25.4 Å². The van der Waals surface area contributed by atoms with Gasteiger partial charge in [-0.2, -0.15) is 0 Å². The summed E-state index contributed by atoms with van der Waals surface area (Å²) < 4.78 is 15.9. The molecule has 7 nitrogen and oxygen atoms in total. The van der Waals surface area contributed by atoms with Gasteiger partial charge in [0, 0.05) is 6.42 Å². The number of primary amides is 1. The number of ether oxygens (including phenoxy) is 1. The van der Waals surface area contributed by atoms with Gasteiger partial charge in [-0.1, -0.05) is 0 Å². The number of alkyl carbamates (subject to hydrolysis) is 1. The van der Waals surface area contributed by atoms with E-state index in [-0.39, 0.29) is 18.6 Å². The number of amides is 2. The van der Waals surface area contributed by atoms with Crippen LogP contribution in [0.25, 0.3) is 0 Å². The number of carbonyl (C=O) groups excluding carboxylic acids is 2. The van der Waals surface area contributed by atoms with Crippen LogP contribution in [0, 0.1) is 0 Å². The highest BCUT2D eigenvalue weighted by Gasteiger charge is 2.22. The number of nitrogens with two attached hydrogens (primary N) is 1. The van der Waals surface area contributed by atoms with Crippen LogP contribution in [0.3, 0.4) is 0 Å². The van der Waals surface area contributed by atoms with E-state index < -0.39 is 34.8 Å². The summed E-state index contributed by atoms with van der Waals surface area (Å²) in [7, 11) is 0. The van der Waals surface area contributed by atoms with E-state index >= 15 is 0 Å². The molecule has 0 saturated heterocycles. The summed E-state index contributed by atoms with van der Waals surface area (Å²) in [5.74, 6) is -0.857. The highest BCUT2D eigenvalue weighted by atomic mass is 32.2. The minimum atomic E-state index is -1.29. The van der Waals surface area contributed by atoms with E-state index in [4.69, 9.17) is 10.5 Å². The van der Waals surface area contributed by atoms with E-state index in [1.54, 1.807) is 20.8 Å². The Labute approximate surface area is 121 Å². The fourth-order valence-electron chi connectivity index (χ4n) is 1.28. The molecular formula is C12H22N2O5S. The average molecular weight is 306 g/mol. The van der Waals surface area contributed by atoms with Crippen LogP contribution < -0.4 is 11.1 Å². The van der Waals surface area contributed by atoms with Gasteiger partial charge in [-0.25, -0.2) is 4.79 Å². The van der Waals surface area contributed by atoms with Gasteiger partial charge in [0.15, 0.2) is 5.41 Å². The van der Waals surface area contributed by atoms with Gasteiger partial charge in [0.05, 0.1) is 6.26 Å². The monoisotopic (exact) mass is 306 g/mol. The molecule has 0 aromatic heterocycles. The van der Waals surface area contributed by atoms with E-state index in [0.29, 0.717) is 0 Å². The Hall–Kier alpha value is -1.41. The molecule has 2 atom stereocenters. The lowest BCUT2D eigenvalue weighted by molar-refractivity contribution is -0.120. The van der Waals surface area contributed by atoms with Gasteiger partial charge in [-0.3, -0.25) is 4.79 Å². The molecule has 20 heavy (non-hydrogen) atoms. The Morgan fingerprint density at radius 3 is 2.45 bits per heavy atom. The maximum absolute atomic E-state index is 11.5. The summed E-state index contributed by atoms with van der Waals surface area (Å²) >= 11 is -1.29. The second-order valence-electron chi connectivity index (χ2n) is 5.25. The Bertz CT molecular complexity index is 377. The molecule has 2 amide bonds. The molecule has 0 aliphatic carbocycles. The highest BCUT2D eigenvalue weighted by Crippen LogP contribution is 2.09. The molecule has 0 rings (SSSR count). The van der Waals surface area contributed by atoms with Gasteiger partial charge in [0.1, 0.15) is 17.4 Å². The van der Waals surface area contributed by atoms with Crippen LogP contribution in [0.4, 0.5) is 4.79 Å². The number of aliphatic hydroxyl groups is 1. The third-order valence-corrected chi connectivity index (χ3v) is 2.63. The van der Waals surface area contributed by atoms with Gasteiger partial charge >= 0.3 is 6.09 Å². The van der Waals surface area contributed by atoms with Crippen molar-refractivity contribution in [2.45, 2.75) is 45.3 Å². The third-order valence-electron chi connectivity index (χ3n) is 2.03. The molecule has 0 aliphatic heterocycles. The molecular weight excluding hydrogens is 284 g/mol. The SMILES string of the molecule is C[S+]([O-])/C=C(\O)CC[C@H](NC(=O)OC(C)(C)C)C(N)=O. The van der Waals surface area contributed by atoms with Crippen molar-refractivity contribution in [3.63, 3.8) is 0 Å². The van der Waals surface area contributed by atoms with Crippen LogP contribution in [0.15, 0.2) is 11.2 Å². The van der Waals surface area contributed by atoms with Gasteiger partial charge in [-0.15, -0.1) is 0 Å². The molecule has 4 N–H and O–H groups in total. The zero-order valence-electron chi connectivity index (χ0n) is 12.1. The molecule has 1 unspecified atom stereocenters. The lowest BCUT2D eigenvalue weighted by Gasteiger charge is -2.22. The summed E-state index contributed by atoms with van der Waals surface area (Å²) in [5, 5.41) is 12.9. The van der Waals surface area contributed by atoms with Crippen molar-refractivity contribution in [2.75, 3.05) is 6.26 Å². The van der Waals surface area contributed by atoms with Gasteiger partial charge in [0.2, 0.25) is 5.91 Å². The first-order valence-corrected chi connectivity index (χ1v) is 7.64. The molecule has 0 aromatic carbocycles. The second-order valence-corrected chi connectivity index (χ2v) is 6.48. The van der Waals surface area contributed by atoms with Crippen molar-refractivity contribution in [3.8, 4) is 0 Å². The highest BCUT2D eigenvalue weighted by molar-refractivity contribution is 7.93. The predicted molar refractivity (Wildman–Crippen MR) is 76.4 cm³/mol. The number of nitrogens with one attached hydrogen (secondary N) is 1. The van der Waals surface area contributed by atoms with Crippen molar-refractivity contribution in [1.82, 2.24) is 5.32 Å². The maximum atomic E-state index is 11.5. The average Bonchev–Trinajstić information content (AvgIpc) is 2.19. The summed E-state index contributed by atoms with van der Waals surface area (Å²) in [4.78, 5) is 22.8. The normalized spacial score (nSPS) is 15.3. The van der Waals surface area contributed by atoms with Crippen molar-refractivity contribution < 1.29 is 24.0 Å². The first-order valence-electron chi connectivity index (χ1n) is 6.02. The lowest BCUT2D eigenvalue weighted by Crippen LogP contribution is -2.46.